The molecule has 3 atom stereocenters. The predicted molar refractivity (Wildman–Crippen MR) is 129 cm³/mol. The van der Waals surface area contributed by atoms with Crippen LogP contribution in [0.5, 0.6) is 0 Å². The van der Waals surface area contributed by atoms with Gasteiger partial charge < -0.3 is 10.6 Å². The van der Waals surface area contributed by atoms with E-state index in [1.165, 1.54) is 0 Å². The van der Waals surface area contributed by atoms with Crippen molar-refractivity contribution in [3.63, 3.8) is 0 Å². The Balaban J connectivity index is 1.77. The fourth-order valence-electron chi connectivity index (χ4n) is 4.68. The lowest BCUT2D eigenvalue weighted by Gasteiger charge is -2.42. The van der Waals surface area contributed by atoms with Gasteiger partial charge in [0.05, 0.1) is 12.2 Å². The van der Waals surface area contributed by atoms with Crippen LogP contribution in [0.3, 0.4) is 0 Å². The SMILES string of the molecule is CC1CNC1C(=O)N(c1ccc(S(F)(F)(F)(F)F)cc1)C(C(=O)NC1CCC(F)(F)CC1)c1cncc(F)c1. The highest BCUT2D eigenvalue weighted by molar-refractivity contribution is 8.45. The van der Waals surface area contributed by atoms with Gasteiger partial charge in [0.15, 0.2) is 0 Å². The van der Waals surface area contributed by atoms with E-state index in [1.54, 1.807) is 6.92 Å². The van der Waals surface area contributed by atoms with Crippen LogP contribution in [0, 0.1) is 11.7 Å². The van der Waals surface area contributed by atoms with E-state index >= 15 is 0 Å². The molecule has 1 saturated carbocycles. The molecule has 2 aliphatic rings. The zero-order valence-electron chi connectivity index (χ0n) is 20.5. The highest BCUT2D eigenvalue weighted by Gasteiger charge is 2.65. The minimum atomic E-state index is -10.0. The largest absolute Gasteiger partial charge is 0.351 e. The Morgan fingerprint density at radius 1 is 1.08 bits per heavy atom. The molecule has 1 aromatic carbocycles. The molecule has 2 aromatic rings. The highest BCUT2D eigenvalue weighted by Crippen LogP contribution is 3.02. The molecule has 4 rings (SSSR count). The summed E-state index contributed by atoms with van der Waals surface area (Å²) in [5.41, 5.74) is -0.503. The van der Waals surface area contributed by atoms with Gasteiger partial charge in [0.25, 0.3) is 0 Å². The van der Waals surface area contributed by atoms with Gasteiger partial charge in [-0.15, -0.1) is 0 Å². The third-order valence-corrected chi connectivity index (χ3v) is 8.07. The molecule has 0 bridgehead atoms. The predicted octanol–water partition coefficient (Wildman–Crippen LogP) is 6.25. The van der Waals surface area contributed by atoms with Gasteiger partial charge in [-0.3, -0.25) is 19.5 Å². The summed E-state index contributed by atoms with van der Waals surface area (Å²) in [4.78, 5) is 29.5. The van der Waals surface area contributed by atoms with Gasteiger partial charge in [0.1, 0.15) is 16.8 Å². The zero-order valence-corrected chi connectivity index (χ0v) is 21.3. The number of pyridine rings is 1. The Morgan fingerprint density at radius 3 is 2.18 bits per heavy atom. The van der Waals surface area contributed by atoms with Crippen LogP contribution < -0.4 is 15.5 Å². The second-order valence-electron chi connectivity index (χ2n) is 10.0. The molecule has 2 fully saturated rings. The first-order valence-electron chi connectivity index (χ1n) is 12.0. The van der Waals surface area contributed by atoms with Crippen LogP contribution >= 0.6 is 10.2 Å². The number of alkyl halides is 2. The number of carbonyl (C=O) groups is 2. The first-order valence-corrected chi connectivity index (χ1v) is 14.0. The fraction of sp³-hybridized carbons (Fsp3) is 0.458. The lowest BCUT2D eigenvalue weighted by atomic mass is 9.90. The van der Waals surface area contributed by atoms with Crippen LogP contribution in [-0.4, -0.2) is 41.3 Å². The Morgan fingerprint density at radius 2 is 1.69 bits per heavy atom. The number of nitrogens with one attached hydrogen (secondary N) is 2. The summed E-state index contributed by atoms with van der Waals surface area (Å²) in [5.74, 6) is -5.74. The van der Waals surface area contributed by atoms with Crippen LogP contribution in [0.2, 0.25) is 0 Å². The standard InChI is InChI=1S/C24H26F8N4O2S/c1-14-11-34-20(14)23(38)36(18-2-4-19(5-3-18)39(28,29,30,31)32)21(15-10-16(25)13-33-12-15)22(37)35-17-6-8-24(26,27)9-7-17/h2-5,10,12-14,17,20-21,34H,6-9,11H2,1H3,(H,35,37). The second-order valence-corrected chi connectivity index (χ2v) is 12.4. The molecule has 2 amide bonds. The Hall–Kier alpha value is -2.94. The van der Waals surface area contributed by atoms with Crippen molar-refractivity contribution >= 4 is 27.7 Å². The second kappa shape index (κ2) is 9.32. The molecule has 1 saturated heterocycles. The third-order valence-electron chi connectivity index (χ3n) is 6.90. The minimum Gasteiger partial charge on any atom is -0.351 e. The number of amides is 2. The van der Waals surface area contributed by atoms with E-state index in [1.807, 2.05) is 0 Å². The molecular weight excluding hydrogens is 560 g/mol. The van der Waals surface area contributed by atoms with Crippen molar-refractivity contribution in [1.82, 2.24) is 15.6 Å². The summed E-state index contributed by atoms with van der Waals surface area (Å²) in [6, 6.07) is -0.935. The molecule has 0 radical (unpaired) electrons. The third kappa shape index (κ3) is 6.62. The van der Waals surface area contributed by atoms with Gasteiger partial charge in [0.2, 0.25) is 17.7 Å². The van der Waals surface area contributed by atoms with Gasteiger partial charge in [-0.05, 0) is 49.1 Å². The molecule has 1 aliphatic carbocycles. The Kier molecular flexibility index (Phi) is 6.94. The quantitative estimate of drug-likeness (QED) is 0.376. The zero-order chi connectivity index (χ0) is 28.9. The van der Waals surface area contributed by atoms with Gasteiger partial charge in [-0.25, -0.2) is 13.2 Å². The van der Waals surface area contributed by atoms with Crippen molar-refractivity contribution < 1.29 is 42.2 Å². The number of hydrogen-bond donors (Lipinski definition) is 2. The van der Waals surface area contributed by atoms with Crippen molar-refractivity contribution in [2.75, 3.05) is 11.4 Å². The molecule has 2 N–H and O–H groups in total. The van der Waals surface area contributed by atoms with E-state index in [9.17, 15) is 42.2 Å². The van der Waals surface area contributed by atoms with Gasteiger partial charge in [0, 0.05) is 42.9 Å². The maximum Gasteiger partial charge on any atom is 0.310 e. The molecular formula is C24H26F8N4O2S. The van der Waals surface area contributed by atoms with E-state index < -0.39 is 69.6 Å². The van der Waals surface area contributed by atoms with Crippen LogP contribution in [0.15, 0.2) is 47.6 Å². The highest BCUT2D eigenvalue weighted by atomic mass is 32.5. The van der Waals surface area contributed by atoms with Gasteiger partial charge in [-0.2, -0.15) is 0 Å². The first-order chi connectivity index (χ1) is 17.8. The van der Waals surface area contributed by atoms with Gasteiger partial charge in [-0.1, -0.05) is 26.4 Å². The number of anilines is 1. The molecule has 2 heterocycles. The minimum absolute atomic E-state index is 0.0827. The first kappa shape index (κ1) is 29.1. The van der Waals surface area contributed by atoms with Crippen molar-refractivity contribution in [1.29, 1.82) is 0 Å². The molecule has 0 spiro atoms. The number of benzene rings is 1. The summed E-state index contributed by atoms with van der Waals surface area (Å²) in [5, 5.41) is 5.43. The normalized spacial score (nSPS) is 24.0. The van der Waals surface area contributed by atoms with Crippen LogP contribution in [0.1, 0.15) is 44.2 Å². The smallest absolute Gasteiger partial charge is 0.310 e. The summed E-state index contributed by atoms with van der Waals surface area (Å²) >= 11 is 0. The molecule has 216 valence electrons. The van der Waals surface area contributed by atoms with E-state index in [-0.39, 0.29) is 42.1 Å². The average molecular weight is 587 g/mol. The number of nitrogens with zero attached hydrogens (tertiary/aromatic N) is 2. The molecule has 15 heteroatoms. The van der Waals surface area contributed by atoms with Crippen molar-refractivity contribution in [2.24, 2.45) is 5.92 Å². The topological polar surface area (TPSA) is 74.3 Å². The molecule has 3 unspecified atom stereocenters. The number of hydrogen-bond acceptors (Lipinski definition) is 4. The van der Waals surface area contributed by atoms with Crippen LogP contribution in [0.4, 0.5) is 38.3 Å². The number of rotatable bonds is 7. The average Bonchev–Trinajstić information content (AvgIpc) is 2.81. The van der Waals surface area contributed by atoms with Crippen molar-refractivity contribution in [3.05, 3.63) is 54.1 Å². The molecule has 1 aliphatic heterocycles. The summed E-state index contributed by atoms with van der Waals surface area (Å²) in [6.07, 6.45) is 0.746. The maximum atomic E-state index is 14.2. The monoisotopic (exact) mass is 586 g/mol. The maximum absolute atomic E-state index is 14.2. The van der Waals surface area contributed by atoms with Crippen molar-refractivity contribution in [3.8, 4) is 0 Å². The van der Waals surface area contributed by atoms with E-state index in [2.05, 4.69) is 15.6 Å². The molecule has 39 heavy (non-hydrogen) atoms. The lowest BCUT2D eigenvalue weighted by molar-refractivity contribution is -0.130. The number of aromatic nitrogens is 1. The Bertz CT molecular complexity index is 1250. The number of halogens is 8. The summed E-state index contributed by atoms with van der Waals surface area (Å²) in [7, 11) is -10.0. The van der Waals surface area contributed by atoms with E-state index in [4.69, 9.17) is 0 Å². The summed E-state index contributed by atoms with van der Waals surface area (Å²) in [6.45, 7) is 2.12. The van der Waals surface area contributed by atoms with Crippen molar-refractivity contribution in [2.45, 2.75) is 61.6 Å². The fourth-order valence-corrected chi connectivity index (χ4v) is 5.33. The van der Waals surface area contributed by atoms with Gasteiger partial charge >= 0.3 is 10.2 Å². The number of carbonyl (C=O) groups excluding carboxylic acids is 2. The Labute approximate surface area is 218 Å². The lowest BCUT2D eigenvalue weighted by Crippen LogP contribution is -2.62. The summed E-state index contributed by atoms with van der Waals surface area (Å²) < 4.78 is 108. The molecule has 6 nitrogen and oxygen atoms in total. The molecule has 1 aromatic heterocycles. The van der Waals surface area contributed by atoms with E-state index in [0.717, 1.165) is 23.4 Å². The van der Waals surface area contributed by atoms with E-state index in [0.29, 0.717) is 18.7 Å². The van der Waals surface area contributed by atoms with Crippen LogP contribution in [-0.2, 0) is 9.59 Å². The van der Waals surface area contributed by atoms with Crippen LogP contribution in [0.25, 0.3) is 0 Å².